The lowest BCUT2D eigenvalue weighted by Gasteiger charge is -2.06. The summed E-state index contributed by atoms with van der Waals surface area (Å²) in [6, 6.07) is 0. The van der Waals surface area contributed by atoms with E-state index in [1.807, 2.05) is 0 Å². The highest BCUT2D eigenvalue weighted by Gasteiger charge is 2.10. The van der Waals surface area contributed by atoms with Crippen LogP contribution < -0.4 is 5.73 Å². The quantitative estimate of drug-likeness (QED) is 0.782. The van der Waals surface area contributed by atoms with Gasteiger partial charge < -0.3 is 10.3 Å². The molecule has 0 aliphatic carbocycles. The molecule has 2 N–H and O–H groups in total. The molecule has 6 heteroatoms. The third kappa shape index (κ3) is 2.47. The molecule has 0 saturated carbocycles. The second kappa shape index (κ2) is 4.00. The van der Waals surface area contributed by atoms with E-state index in [1.54, 1.807) is 18.4 Å². The predicted molar refractivity (Wildman–Crippen MR) is 55.7 cm³/mol. The molecule has 1 aromatic heterocycles. The molecule has 0 bridgehead atoms. The van der Waals surface area contributed by atoms with Crippen LogP contribution in [0, 0.1) is 6.92 Å². The molecule has 0 aliphatic heterocycles. The van der Waals surface area contributed by atoms with Crippen LogP contribution in [0.1, 0.15) is 12.7 Å². The summed E-state index contributed by atoms with van der Waals surface area (Å²) in [5.74, 6) is 1.54. The van der Waals surface area contributed by atoms with Gasteiger partial charge in [0.1, 0.15) is 11.6 Å². The van der Waals surface area contributed by atoms with Crippen molar-refractivity contribution >= 4 is 15.7 Å². The smallest absolute Gasteiger partial charge is 0.151 e. The van der Waals surface area contributed by atoms with Crippen molar-refractivity contribution in [3.8, 4) is 0 Å². The number of rotatable bonds is 4. The fourth-order valence-electron chi connectivity index (χ4n) is 1.15. The Kier molecular flexibility index (Phi) is 3.15. The van der Waals surface area contributed by atoms with Crippen molar-refractivity contribution in [3.05, 3.63) is 12.0 Å². The lowest BCUT2D eigenvalue weighted by molar-refractivity contribution is 0.589. The number of nitrogens with two attached hydrogens (primary N) is 1. The summed E-state index contributed by atoms with van der Waals surface area (Å²) in [6.07, 6.45) is 1.54. The first-order chi connectivity index (χ1) is 6.46. The summed E-state index contributed by atoms with van der Waals surface area (Å²) in [7, 11) is -2.93. The number of nitrogen functional groups attached to an aromatic ring is 1. The lowest BCUT2D eigenvalue weighted by Crippen LogP contribution is -2.16. The molecule has 1 aromatic rings. The molecule has 14 heavy (non-hydrogen) atoms. The maximum absolute atomic E-state index is 11.2. The molecule has 1 rings (SSSR count). The van der Waals surface area contributed by atoms with Gasteiger partial charge in [0.05, 0.1) is 11.9 Å². The zero-order valence-corrected chi connectivity index (χ0v) is 9.21. The van der Waals surface area contributed by atoms with Gasteiger partial charge in [-0.3, -0.25) is 0 Å². The molecule has 0 fully saturated rings. The molecule has 0 spiro atoms. The van der Waals surface area contributed by atoms with Crippen molar-refractivity contribution in [3.63, 3.8) is 0 Å². The summed E-state index contributed by atoms with van der Waals surface area (Å²) in [5.41, 5.74) is 5.62. The van der Waals surface area contributed by atoms with Crippen molar-refractivity contribution in [2.75, 3.05) is 17.2 Å². The maximum Gasteiger partial charge on any atom is 0.151 e. The van der Waals surface area contributed by atoms with Crippen molar-refractivity contribution in [1.82, 2.24) is 9.55 Å². The fourth-order valence-corrected chi connectivity index (χ4v) is 1.90. The van der Waals surface area contributed by atoms with Crippen LogP contribution in [0.4, 0.5) is 5.82 Å². The van der Waals surface area contributed by atoms with Crippen LogP contribution in [0.5, 0.6) is 0 Å². The van der Waals surface area contributed by atoms with E-state index >= 15 is 0 Å². The van der Waals surface area contributed by atoms with Gasteiger partial charge in [-0.1, -0.05) is 6.92 Å². The molecule has 0 aliphatic rings. The highest BCUT2D eigenvalue weighted by molar-refractivity contribution is 7.91. The monoisotopic (exact) mass is 217 g/mol. The van der Waals surface area contributed by atoms with Crippen LogP contribution >= 0.6 is 0 Å². The third-order valence-electron chi connectivity index (χ3n) is 2.15. The van der Waals surface area contributed by atoms with E-state index in [9.17, 15) is 8.42 Å². The fraction of sp³-hybridized carbons (Fsp3) is 0.625. The van der Waals surface area contributed by atoms with Gasteiger partial charge >= 0.3 is 0 Å². The normalized spacial score (nSPS) is 11.9. The van der Waals surface area contributed by atoms with Crippen LogP contribution in [0.25, 0.3) is 0 Å². The maximum atomic E-state index is 11.2. The number of aryl methyl sites for hydroxylation is 1. The van der Waals surface area contributed by atoms with Crippen molar-refractivity contribution < 1.29 is 8.42 Å². The summed E-state index contributed by atoms with van der Waals surface area (Å²) in [4.78, 5) is 3.99. The number of imidazole rings is 1. The van der Waals surface area contributed by atoms with E-state index in [4.69, 9.17) is 5.73 Å². The predicted octanol–water partition coefficient (Wildman–Crippen LogP) is 0.208. The average molecular weight is 217 g/mol. The molecule has 0 aromatic carbocycles. The second-order valence-corrected chi connectivity index (χ2v) is 5.59. The number of anilines is 1. The van der Waals surface area contributed by atoms with E-state index in [0.29, 0.717) is 12.4 Å². The second-order valence-electron chi connectivity index (χ2n) is 3.12. The molecule has 0 radical (unpaired) electrons. The molecule has 0 saturated heterocycles. The zero-order valence-electron chi connectivity index (χ0n) is 8.40. The number of sulfone groups is 1. The van der Waals surface area contributed by atoms with Crippen molar-refractivity contribution in [2.45, 2.75) is 20.4 Å². The third-order valence-corrected chi connectivity index (χ3v) is 3.84. The first-order valence-corrected chi connectivity index (χ1v) is 6.26. The summed E-state index contributed by atoms with van der Waals surface area (Å²) >= 11 is 0. The summed E-state index contributed by atoms with van der Waals surface area (Å²) in [6.45, 7) is 3.82. The lowest BCUT2D eigenvalue weighted by atomic mass is 10.6. The minimum absolute atomic E-state index is 0.116. The van der Waals surface area contributed by atoms with Gasteiger partial charge in [-0.15, -0.1) is 0 Å². The Morgan fingerprint density at radius 1 is 1.57 bits per heavy atom. The molecule has 0 atom stereocenters. The van der Waals surface area contributed by atoms with Gasteiger partial charge in [-0.05, 0) is 6.92 Å². The SMILES string of the molecule is CCS(=O)(=O)CCn1c(N)cnc1C. The molecule has 80 valence electrons. The van der Waals surface area contributed by atoms with Gasteiger partial charge in [0.2, 0.25) is 0 Å². The number of aromatic nitrogens is 2. The number of hydrogen-bond acceptors (Lipinski definition) is 4. The Morgan fingerprint density at radius 2 is 2.21 bits per heavy atom. The van der Waals surface area contributed by atoms with Crippen LogP contribution in [-0.2, 0) is 16.4 Å². The Hall–Kier alpha value is -1.04. The minimum Gasteiger partial charge on any atom is -0.384 e. The van der Waals surface area contributed by atoms with Crippen molar-refractivity contribution in [2.24, 2.45) is 0 Å². The molecule has 5 nitrogen and oxygen atoms in total. The van der Waals surface area contributed by atoms with Gasteiger partial charge in [-0.25, -0.2) is 13.4 Å². The van der Waals surface area contributed by atoms with Gasteiger partial charge in [0.15, 0.2) is 9.84 Å². The Bertz CT molecular complexity index is 389. The molecular weight excluding hydrogens is 202 g/mol. The first-order valence-electron chi connectivity index (χ1n) is 4.44. The molecule has 0 unspecified atom stereocenters. The molecular formula is C8H15N3O2S. The number of hydrogen-bond donors (Lipinski definition) is 1. The standard InChI is InChI=1S/C8H15N3O2S/c1-3-14(12,13)5-4-11-7(2)10-6-8(11)9/h6H,3-5,9H2,1-2H3. The molecule has 1 heterocycles. The van der Waals surface area contributed by atoms with Crippen LogP contribution in [0.3, 0.4) is 0 Å². The van der Waals surface area contributed by atoms with Gasteiger partial charge in [0, 0.05) is 12.3 Å². The van der Waals surface area contributed by atoms with Crippen LogP contribution in [-0.4, -0.2) is 29.5 Å². The summed E-state index contributed by atoms with van der Waals surface area (Å²) < 4.78 is 24.2. The highest BCUT2D eigenvalue weighted by atomic mass is 32.2. The Labute approximate surface area is 83.9 Å². The van der Waals surface area contributed by atoms with E-state index in [0.717, 1.165) is 5.82 Å². The number of nitrogens with zero attached hydrogens (tertiary/aromatic N) is 2. The van der Waals surface area contributed by atoms with E-state index < -0.39 is 9.84 Å². The van der Waals surface area contributed by atoms with Crippen molar-refractivity contribution in [1.29, 1.82) is 0 Å². The van der Waals surface area contributed by atoms with E-state index in [-0.39, 0.29) is 11.5 Å². The minimum atomic E-state index is -2.93. The molecule has 0 amide bonds. The van der Waals surface area contributed by atoms with Crippen LogP contribution in [0.2, 0.25) is 0 Å². The Balaban J connectivity index is 2.72. The van der Waals surface area contributed by atoms with E-state index in [2.05, 4.69) is 4.98 Å². The Morgan fingerprint density at radius 3 is 2.64 bits per heavy atom. The average Bonchev–Trinajstić information content (AvgIpc) is 2.44. The van der Waals surface area contributed by atoms with Gasteiger partial charge in [0.25, 0.3) is 0 Å². The highest BCUT2D eigenvalue weighted by Crippen LogP contribution is 2.06. The van der Waals surface area contributed by atoms with E-state index in [1.165, 1.54) is 6.20 Å². The largest absolute Gasteiger partial charge is 0.384 e. The zero-order chi connectivity index (χ0) is 10.8. The first kappa shape index (κ1) is 11.0. The topological polar surface area (TPSA) is 78.0 Å². The summed E-state index contributed by atoms with van der Waals surface area (Å²) in [5, 5.41) is 0. The van der Waals surface area contributed by atoms with Crippen LogP contribution in [0.15, 0.2) is 6.20 Å². The van der Waals surface area contributed by atoms with Gasteiger partial charge in [-0.2, -0.15) is 0 Å².